The molecule has 0 heterocycles. The third-order valence-electron chi connectivity index (χ3n) is 1.88. The van der Waals surface area contributed by atoms with Crippen molar-refractivity contribution >= 4 is 5.97 Å². The summed E-state index contributed by atoms with van der Waals surface area (Å²) in [6, 6.07) is 5.57. The molecule has 0 aliphatic heterocycles. The standard InChI is InChI=1S/C12H16O3/c1-4-5-14-15-12(13)11-7-9(2)6-10(3)8-11/h6-8H,4-5H2,1-3H3. The van der Waals surface area contributed by atoms with Crippen molar-refractivity contribution in [1.29, 1.82) is 0 Å². The molecule has 0 aliphatic rings. The summed E-state index contributed by atoms with van der Waals surface area (Å²) in [5.74, 6) is -0.435. The number of carbonyl (C=O) groups is 1. The predicted octanol–water partition coefficient (Wildman–Crippen LogP) is 2.80. The Balaban J connectivity index is 2.65. The molecule has 15 heavy (non-hydrogen) atoms. The fourth-order valence-electron chi connectivity index (χ4n) is 1.32. The van der Waals surface area contributed by atoms with Crippen LogP contribution in [0.1, 0.15) is 34.8 Å². The summed E-state index contributed by atoms with van der Waals surface area (Å²) in [5, 5.41) is 0. The average molecular weight is 208 g/mol. The van der Waals surface area contributed by atoms with E-state index in [2.05, 4.69) is 4.89 Å². The fourth-order valence-corrected chi connectivity index (χ4v) is 1.32. The molecule has 0 bridgehead atoms. The first-order valence-electron chi connectivity index (χ1n) is 5.05. The molecule has 0 aliphatic carbocycles. The molecule has 3 heteroatoms. The van der Waals surface area contributed by atoms with Gasteiger partial charge in [-0.25, -0.2) is 4.79 Å². The number of hydrogen-bond donors (Lipinski definition) is 0. The minimum atomic E-state index is -0.435. The van der Waals surface area contributed by atoms with Gasteiger partial charge in [-0.1, -0.05) is 24.1 Å². The maximum atomic E-state index is 11.5. The summed E-state index contributed by atoms with van der Waals surface area (Å²) in [7, 11) is 0. The van der Waals surface area contributed by atoms with Crippen LogP contribution < -0.4 is 0 Å². The predicted molar refractivity (Wildman–Crippen MR) is 57.6 cm³/mol. The van der Waals surface area contributed by atoms with Crippen LogP contribution in [0.2, 0.25) is 0 Å². The lowest BCUT2D eigenvalue weighted by atomic mass is 10.1. The summed E-state index contributed by atoms with van der Waals surface area (Å²) in [5.41, 5.74) is 2.61. The number of aryl methyl sites for hydroxylation is 2. The van der Waals surface area contributed by atoms with Crippen LogP contribution in [0.3, 0.4) is 0 Å². The zero-order valence-corrected chi connectivity index (χ0v) is 9.37. The van der Waals surface area contributed by atoms with E-state index in [0.717, 1.165) is 17.5 Å². The van der Waals surface area contributed by atoms with Gasteiger partial charge in [0.25, 0.3) is 0 Å². The lowest BCUT2D eigenvalue weighted by Gasteiger charge is -2.04. The van der Waals surface area contributed by atoms with Crippen LogP contribution in [0.25, 0.3) is 0 Å². The third kappa shape index (κ3) is 3.72. The second-order valence-electron chi connectivity index (χ2n) is 3.57. The molecule has 0 fully saturated rings. The highest BCUT2D eigenvalue weighted by Crippen LogP contribution is 2.10. The van der Waals surface area contributed by atoms with Crippen molar-refractivity contribution < 1.29 is 14.6 Å². The lowest BCUT2D eigenvalue weighted by Crippen LogP contribution is -2.07. The van der Waals surface area contributed by atoms with Gasteiger partial charge in [0.2, 0.25) is 0 Å². The van der Waals surface area contributed by atoms with Crippen molar-refractivity contribution in [2.45, 2.75) is 27.2 Å². The molecule has 0 unspecified atom stereocenters. The van der Waals surface area contributed by atoms with Crippen molar-refractivity contribution in [3.8, 4) is 0 Å². The van der Waals surface area contributed by atoms with Crippen LogP contribution in [0, 0.1) is 13.8 Å². The van der Waals surface area contributed by atoms with E-state index >= 15 is 0 Å². The highest BCUT2D eigenvalue weighted by atomic mass is 17.2. The van der Waals surface area contributed by atoms with E-state index in [9.17, 15) is 4.79 Å². The Kier molecular flexibility index (Phi) is 4.31. The lowest BCUT2D eigenvalue weighted by molar-refractivity contribution is -0.240. The maximum absolute atomic E-state index is 11.5. The van der Waals surface area contributed by atoms with Gasteiger partial charge in [0.15, 0.2) is 0 Å². The van der Waals surface area contributed by atoms with E-state index in [1.807, 2.05) is 26.8 Å². The van der Waals surface area contributed by atoms with Gasteiger partial charge in [0, 0.05) is 0 Å². The van der Waals surface area contributed by atoms with Gasteiger partial charge >= 0.3 is 5.97 Å². The molecule has 1 aromatic rings. The Morgan fingerprint density at radius 3 is 2.33 bits per heavy atom. The summed E-state index contributed by atoms with van der Waals surface area (Å²) >= 11 is 0. The minimum absolute atomic E-state index is 0.427. The molecular formula is C12H16O3. The van der Waals surface area contributed by atoms with Gasteiger partial charge < -0.3 is 0 Å². The molecule has 0 spiro atoms. The minimum Gasteiger partial charge on any atom is -0.293 e. The average Bonchev–Trinajstić information content (AvgIpc) is 2.16. The van der Waals surface area contributed by atoms with Gasteiger partial charge in [-0.3, -0.25) is 4.89 Å². The number of rotatable bonds is 4. The summed E-state index contributed by atoms with van der Waals surface area (Å²) in [6.45, 7) is 6.26. The van der Waals surface area contributed by atoms with Crippen LogP contribution >= 0.6 is 0 Å². The zero-order valence-electron chi connectivity index (χ0n) is 9.37. The molecule has 0 saturated carbocycles. The molecule has 0 saturated heterocycles. The van der Waals surface area contributed by atoms with Crippen LogP contribution in [0.15, 0.2) is 18.2 Å². The van der Waals surface area contributed by atoms with Gasteiger partial charge in [-0.05, 0) is 32.4 Å². The second-order valence-corrected chi connectivity index (χ2v) is 3.57. The van der Waals surface area contributed by atoms with E-state index in [4.69, 9.17) is 4.89 Å². The van der Waals surface area contributed by atoms with Crippen LogP contribution in [0.5, 0.6) is 0 Å². The molecule has 0 N–H and O–H groups in total. The number of carbonyl (C=O) groups excluding carboxylic acids is 1. The monoisotopic (exact) mass is 208 g/mol. The molecule has 0 radical (unpaired) electrons. The van der Waals surface area contributed by atoms with Gasteiger partial charge in [0.1, 0.15) is 0 Å². The topological polar surface area (TPSA) is 35.5 Å². The highest BCUT2D eigenvalue weighted by molar-refractivity contribution is 5.89. The van der Waals surface area contributed by atoms with Crippen molar-refractivity contribution in [1.82, 2.24) is 0 Å². The van der Waals surface area contributed by atoms with E-state index in [1.54, 1.807) is 12.1 Å². The second kappa shape index (κ2) is 5.51. The van der Waals surface area contributed by atoms with Gasteiger partial charge in [0.05, 0.1) is 12.2 Å². The normalized spacial score (nSPS) is 10.1. The molecule has 3 nitrogen and oxygen atoms in total. The van der Waals surface area contributed by atoms with E-state index in [1.165, 1.54) is 0 Å². The van der Waals surface area contributed by atoms with Crippen LogP contribution in [-0.2, 0) is 9.78 Å². The van der Waals surface area contributed by atoms with Gasteiger partial charge in [-0.2, -0.15) is 4.89 Å². The van der Waals surface area contributed by atoms with Crippen molar-refractivity contribution in [3.05, 3.63) is 34.9 Å². The summed E-state index contributed by atoms with van der Waals surface area (Å²) in [6.07, 6.45) is 0.820. The smallest absolute Gasteiger partial charge is 0.293 e. The maximum Gasteiger partial charge on any atom is 0.373 e. The Morgan fingerprint density at radius 1 is 1.20 bits per heavy atom. The first-order chi connectivity index (χ1) is 7.13. The largest absolute Gasteiger partial charge is 0.373 e. The molecule has 0 atom stereocenters. The molecule has 0 aromatic heterocycles. The van der Waals surface area contributed by atoms with Crippen LogP contribution in [0.4, 0.5) is 0 Å². The zero-order chi connectivity index (χ0) is 11.3. The summed E-state index contributed by atoms with van der Waals surface area (Å²) in [4.78, 5) is 20.8. The number of hydrogen-bond acceptors (Lipinski definition) is 3. The fraction of sp³-hybridized carbons (Fsp3) is 0.417. The van der Waals surface area contributed by atoms with Crippen LogP contribution in [-0.4, -0.2) is 12.6 Å². The van der Waals surface area contributed by atoms with Crippen molar-refractivity contribution in [3.63, 3.8) is 0 Å². The van der Waals surface area contributed by atoms with E-state index in [-0.39, 0.29) is 0 Å². The number of benzene rings is 1. The third-order valence-corrected chi connectivity index (χ3v) is 1.88. The van der Waals surface area contributed by atoms with E-state index in [0.29, 0.717) is 12.2 Å². The Hall–Kier alpha value is -1.35. The van der Waals surface area contributed by atoms with Crippen molar-refractivity contribution in [2.75, 3.05) is 6.61 Å². The molecule has 82 valence electrons. The molecule has 1 rings (SSSR count). The summed E-state index contributed by atoms with van der Waals surface area (Å²) < 4.78 is 0. The first kappa shape index (κ1) is 11.7. The van der Waals surface area contributed by atoms with E-state index < -0.39 is 5.97 Å². The molecule has 0 amide bonds. The Labute approximate surface area is 89.9 Å². The SMILES string of the molecule is CCCOOC(=O)c1cc(C)cc(C)c1. The first-order valence-corrected chi connectivity index (χ1v) is 5.05. The highest BCUT2D eigenvalue weighted by Gasteiger charge is 2.08. The molecular weight excluding hydrogens is 192 g/mol. The van der Waals surface area contributed by atoms with Gasteiger partial charge in [-0.15, -0.1) is 0 Å². The Morgan fingerprint density at radius 2 is 1.80 bits per heavy atom. The van der Waals surface area contributed by atoms with Crippen molar-refractivity contribution in [2.24, 2.45) is 0 Å². The quantitative estimate of drug-likeness (QED) is 0.433. The Bertz CT molecular complexity index is 324. The molecule has 1 aromatic carbocycles.